The first-order chi connectivity index (χ1) is 9.65. The maximum atomic E-state index is 6.46. The molecule has 1 N–H and O–H groups in total. The van der Waals surface area contributed by atoms with E-state index in [0.717, 1.165) is 49.2 Å². The number of benzene rings is 1. The van der Waals surface area contributed by atoms with Crippen LogP contribution in [0.1, 0.15) is 37.8 Å². The van der Waals surface area contributed by atoms with Gasteiger partial charge in [-0.05, 0) is 23.6 Å². The van der Waals surface area contributed by atoms with Crippen LogP contribution in [0.15, 0.2) is 16.6 Å². The van der Waals surface area contributed by atoms with Gasteiger partial charge < -0.3 is 10.1 Å². The van der Waals surface area contributed by atoms with Crippen molar-refractivity contribution in [1.29, 1.82) is 0 Å². The lowest BCUT2D eigenvalue weighted by molar-refractivity contribution is 0.352. The van der Waals surface area contributed by atoms with Crippen molar-refractivity contribution in [3.05, 3.63) is 27.7 Å². The van der Waals surface area contributed by atoms with E-state index in [-0.39, 0.29) is 5.38 Å². The molecule has 0 saturated carbocycles. The predicted octanol–water partition coefficient (Wildman–Crippen LogP) is 4.52. The van der Waals surface area contributed by atoms with Gasteiger partial charge in [0.1, 0.15) is 5.75 Å². The Morgan fingerprint density at radius 3 is 2.80 bits per heavy atom. The van der Waals surface area contributed by atoms with E-state index in [1.54, 1.807) is 0 Å². The van der Waals surface area contributed by atoms with Crippen molar-refractivity contribution in [2.75, 3.05) is 13.2 Å². The summed E-state index contributed by atoms with van der Waals surface area (Å²) in [7, 11) is 0. The molecule has 4 heteroatoms. The van der Waals surface area contributed by atoms with Crippen LogP contribution in [0.5, 0.6) is 5.75 Å². The SMILES string of the molecule is CCC(CC)C(Cl)CNCc1cc(Br)cc2c1OCC2. The lowest BCUT2D eigenvalue weighted by atomic mass is 9.99. The number of hydrogen-bond acceptors (Lipinski definition) is 2. The minimum Gasteiger partial charge on any atom is -0.493 e. The maximum absolute atomic E-state index is 6.46. The lowest BCUT2D eigenvalue weighted by Crippen LogP contribution is -2.28. The van der Waals surface area contributed by atoms with Crippen LogP contribution in [0.4, 0.5) is 0 Å². The summed E-state index contributed by atoms with van der Waals surface area (Å²) in [4.78, 5) is 0. The summed E-state index contributed by atoms with van der Waals surface area (Å²) in [5.41, 5.74) is 2.53. The van der Waals surface area contributed by atoms with Gasteiger partial charge in [-0.25, -0.2) is 0 Å². The van der Waals surface area contributed by atoms with Gasteiger partial charge in [-0.3, -0.25) is 0 Å². The highest BCUT2D eigenvalue weighted by atomic mass is 79.9. The van der Waals surface area contributed by atoms with Gasteiger partial charge in [0, 0.05) is 34.9 Å². The van der Waals surface area contributed by atoms with E-state index in [1.165, 1.54) is 11.1 Å². The summed E-state index contributed by atoms with van der Waals surface area (Å²) in [5.74, 6) is 1.66. The molecule has 1 aliphatic heterocycles. The average Bonchev–Trinajstić information content (AvgIpc) is 2.88. The van der Waals surface area contributed by atoms with Crippen LogP contribution in [0.2, 0.25) is 0 Å². The van der Waals surface area contributed by atoms with Crippen LogP contribution in [0, 0.1) is 5.92 Å². The van der Waals surface area contributed by atoms with Crippen molar-refractivity contribution >= 4 is 27.5 Å². The Bertz CT molecular complexity index is 448. The zero-order valence-corrected chi connectivity index (χ0v) is 14.6. The van der Waals surface area contributed by atoms with Crippen LogP contribution in [-0.4, -0.2) is 18.5 Å². The molecule has 2 rings (SSSR count). The van der Waals surface area contributed by atoms with Crippen molar-refractivity contribution in [1.82, 2.24) is 5.32 Å². The van der Waals surface area contributed by atoms with E-state index in [4.69, 9.17) is 16.3 Å². The van der Waals surface area contributed by atoms with Crippen molar-refractivity contribution in [2.45, 2.75) is 45.0 Å². The second-order valence-corrected chi connectivity index (χ2v) is 6.85. The minimum absolute atomic E-state index is 0.200. The highest BCUT2D eigenvalue weighted by molar-refractivity contribution is 9.10. The molecule has 0 bridgehead atoms. The first-order valence-corrected chi connectivity index (χ1v) is 8.67. The van der Waals surface area contributed by atoms with Crippen LogP contribution in [-0.2, 0) is 13.0 Å². The zero-order valence-electron chi connectivity index (χ0n) is 12.2. The third-order valence-electron chi connectivity index (χ3n) is 4.04. The topological polar surface area (TPSA) is 21.3 Å². The van der Waals surface area contributed by atoms with E-state index in [2.05, 4.69) is 47.2 Å². The van der Waals surface area contributed by atoms with Crippen molar-refractivity contribution in [3.8, 4) is 5.75 Å². The number of fused-ring (bicyclic) bond motifs is 1. The molecule has 1 heterocycles. The predicted molar refractivity (Wildman–Crippen MR) is 88.8 cm³/mol. The highest BCUT2D eigenvalue weighted by Crippen LogP contribution is 2.32. The first kappa shape index (κ1) is 16.1. The average molecular weight is 361 g/mol. The van der Waals surface area contributed by atoms with Gasteiger partial charge in [0.2, 0.25) is 0 Å². The molecule has 0 fully saturated rings. The van der Waals surface area contributed by atoms with Crippen molar-refractivity contribution in [3.63, 3.8) is 0 Å². The summed E-state index contributed by atoms with van der Waals surface area (Å²) in [6.07, 6.45) is 3.29. The molecule has 0 radical (unpaired) electrons. The fourth-order valence-electron chi connectivity index (χ4n) is 2.79. The number of alkyl halides is 1. The molecule has 1 atom stereocenters. The quantitative estimate of drug-likeness (QED) is 0.722. The molecule has 1 unspecified atom stereocenters. The number of nitrogens with one attached hydrogen (secondary N) is 1. The van der Waals surface area contributed by atoms with Crippen molar-refractivity contribution < 1.29 is 4.74 Å². The van der Waals surface area contributed by atoms with Gasteiger partial charge in [0.15, 0.2) is 0 Å². The second kappa shape index (κ2) is 7.67. The largest absolute Gasteiger partial charge is 0.493 e. The summed E-state index contributed by atoms with van der Waals surface area (Å²) >= 11 is 10.0. The fraction of sp³-hybridized carbons (Fsp3) is 0.625. The van der Waals surface area contributed by atoms with Crippen molar-refractivity contribution in [2.24, 2.45) is 5.92 Å². The lowest BCUT2D eigenvalue weighted by Gasteiger charge is -2.20. The number of halogens is 2. The Kier molecular flexibility index (Phi) is 6.19. The Hall–Kier alpha value is -0.250. The molecule has 0 amide bonds. The first-order valence-electron chi connectivity index (χ1n) is 7.44. The smallest absolute Gasteiger partial charge is 0.127 e. The summed E-state index contributed by atoms with van der Waals surface area (Å²) in [5, 5.41) is 3.67. The van der Waals surface area contributed by atoms with Gasteiger partial charge in [0.05, 0.1) is 6.61 Å². The van der Waals surface area contributed by atoms with Gasteiger partial charge in [-0.2, -0.15) is 0 Å². The summed E-state index contributed by atoms with van der Waals surface area (Å²) < 4.78 is 6.86. The molecule has 2 nitrogen and oxygen atoms in total. The minimum atomic E-state index is 0.200. The molecule has 0 spiro atoms. The van der Waals surface area contributed by atoms with Gasteiger partial charge in [-0.15, -0.1) is 11.6 Å². The molecule has 112 valence electrons. The van der Waals surface area contributed by atoms with E-state index in [1.807, 2.05) is 0 Å². The molecular formula is C16H23BrClNO. The highest BCUT2D eigenvalue weighted by Gasteiger charge is 2.18. The number of hydrogen-bond donors (Lipinski definition) is 1. The number of ether oxygens (including phenoxy) is 1. The molecule has 0 aromatic heterocycles. The molecule has 1 aromatic rings. The standard InChI is InChI=1S/C16H23BrClNO/c1-3-11(4-2)15(18)10-19-9-13-8-14(17)7-12-5-6-20-16(12)13/h7-8,11,15,19H,3-6,9-10H2,1-2H3. The van der Waals surface area contributed by atoms with Crippen LogP contribution in [0.3, 0.4) is 0 Å². The van der Waals surface area contributed by atoms with E-state index >= 15 is 0 Å². The normalized spacial score (nSPS) is 15.2. The zero-order chi connectivity index (χ0) is 14.5. The summed E-state index contributed by atoms with van der Waals surface area (Å²) in [6, 6.07) is 4.29. The van der Waals surface area contributed by atoms with E-state index < -0.39 is 0 Å². The Morgan fingerprint density at radius 2 is 2.10 bits per heavy atom. The number of rotatable bonds is 7. The molecule has 1 aliphatic rings. The van der Waals surface area contributed by atoms with Crippen LogP contribution >= 0.6 is 27.5 Å². The third kappa shape index (κ3) is 3.90. The second-order valence-electron chi connectivity index (χ2n) is 5.38. The van der Waals surface area contributed by atoms with Crippen LogP contribution in [0.25, 0.3) is 0 Å². The van der Waals surface area contributed by atoms with Gasteiger partial charge in [-0.1, -0.05) is 42.6 Å². The molecule has 1 aromatic carbocycles. The molecule has 0 aliphatic carbocycles. The fourth-order valence-corrected chi connectivity index (χ4v) is 3.81. The Balaban J connectivity index is 1.92. The van der Waals surface area contributed by atoms with Gasteiger partial charge >= 0.3 is 0 Å². The third-order valence-corrected chi connectivity index (χ3v) is 5.01. The van der Waals surface area contributed by atoms with E-state index in [0.29, 0.717) is 5.92 Å². The Labute approximate surface area is 135 Å². The molecule has 20 heavy (non-hydrogen) atoms. The monoisotopic (exact) mass is 359 g/mol. The summed E-state index contributed by atoms with van der Waals surface area (Å²) in [6.45, 7) is 6.86. The van der Waals surface area contributed by atoms with E-state index in [9.17, 15) is 0 Å². The van der Waals surface area contributed by atoms with Crippen LogP contribution < -0.4 is 10.1 Å². The molecule has 0 saturated heterocycles. The molecular weight excluding hydrogens is 338 g/mol. The Morgan fingerprint density at radius 1 is 1.35 bits per heavy atom. The van der Waals surface area contributed by atoms with Gasteiger partial charge in [0.25, 0.3) is 0 Å². The maximum Gasteiger partial charge on any atom is 0.127 e.